The van der Waals surface area contributed by atoms with E-state index in [0.29, 0.717) is 10.7 Å². The van der Waals surface area contributed by atoms with Crippen LogP contribution in [0.15, 0.2) is 39.4 Å². The van der Waals surface area contributed by atoms with E-state index in [-0.39, 0.29) is 17.0 Å². The summed E-state index contributed by atoms with van der Waals surface area (Å²) >= 11 is 2.72. The summed E-state index contributed by atoms with van der Waals surface area (Å²) in [6, 6.07) is 5.46. The minimum Gasteiger partial charge on any atom is -0.477 e. The van der Waals surface area contributed by atoms with Gasteiger partial charge in [0.25, 0.3) is 0 Å². The molecule has 3 heterocycles. The maximum atomic E-state index is 11.4. The summed E-state index contributed by atoms with van der Waals surface area (Å²) in [4.78, 5) is 28.2. The zero-order valence-electron chi connectivity index (χ0n) is 9.07. The lowest BCUT2D eigenvalue weighted by Gasteiger charge is -2.33. The van der Waals surface area contributed by atoms with E-state index >= 15 is 0 Å². The molecule has 1 fully saturated rings. The zero-order chi connectivity index (χ0) is 12.7. The summed E-state index contributed by atoms with van der Waals surface area (Å²) in [5, 5.41) is 9.89. The Morgan fingerprint density at radius 1 is 1.56 bits per heavy atom. The summed E-state index contributed by atoms with van der Waals surface area (Å²) < 4.78 is 0.636. The molecule has 18 heavy (non-hydrogen) atoms. The Labute approximate surface area is 111 Å². The standard InChI is InChI=1S/C11H8N2O3S2/c14-7-5-8-13(7)9(10(15)16)11(18-8)17-6-3-1-2-4-12-6/h1-4,8H,5H2,(H,15,16)/t8-/m0/s1. The monoisotopic (exact) mass is 280 g/mol. The molecule has 1 saturated heterocycles. The molecule has 0 unspecified atom stereocenters. The maximum Gasteiger partial charge on any atom is 0.354 e. The second-order valence-electron chi connectivity index (χ2n) is 3.75. The average Bonchev–Trinajstić information content (AvgIpc) is 2.63. The Morgan fingerprint density at radius 3 is 3.00 bits per heavy atom. The van der Waals surface area contributed by atoms with Crippen molar-refractivity contribution in [3.8, 4) is 0 Å². The number of carbonyl (C=O) groups excluding carboxylic acids is 1. The third-order valence-electron chi connectivity index (χ3n) is 2.62. The van der Waals surface area contributed by atoms with Gasteiger partial charge in [0.2, 0.25) is 5.91 Å². The number of carboxylic acids is 1. The molecular weight excluding hydrogens is 272 g/mol. The third-order valence-corrected chi connectivity index (χ3v) is 5.05. The molecule has 0 aromatic carbocycles. The minimum atomic E-state index is -1.06. The van der Waals surface area contributed by atoms with Gasteiger partial charge in [0.1, 0.15) is 5.03 Å². The first-order chi connectivity index (χ1) is 8.66. The summed E-state index contributed by atoms with van der Waals surface area (Å²) in [6.45, 7) is 0. The van der Waals surface area contributed by atoms with Crippen LogP contribution in [0.1, 0.15) is 6.42 Å². The molecule has 0 spiro atoms. The first-order valence-corrected chi connectivity index (χ1v) is 6.91. The SMILES string of the molecule is O=C(O)C1=C(Sc2ccccn2)S[C@H]2CC(=O)N12. The molecule has 5 nitrogen and oxygen atoms in total. The minimum absolute atomic E-state index is 0.0465. The van der Waals surface area contributed by atoms with E-state index in [2.05, 4.69) is 4.98 Å². The van der Waals surface area contributed by atoms with Gasteiger partial charge in [0, 0.05) is 6.20 Å². The van der Waals surface area contributed by atoms with Crippen LogP contribution in [0.4, 0.5) is 0 Å². The lowest BCUT2D eigenvalue weighted by Crippen LogP contribution is -2.48. The van der Waals surface area contributed by atoms with Crippen LogP contribution >= 0.6 is 23.5 Å². The normalized spacial score (nSPS) is 21.9. The number of hydrogen-bond donors (Lipinski definition) is 1. The predicted octanol–water partition coefficient (Wildman–Crippen LogP) is 1.73. The van der Waals surface area contributed by atoms with Crippen LogP contribution in [0.25, 0.3) is 0 Å². The number of carboxylic acid groups (broad SMARTS) is 1. The van der Waals surface area contributed by atoms with E-state index in [4.69, 9.17) is 0 Å². The Kier molecular flexibility index (Phi) is 2.79. The van der Waals surface area contributed by atoms with Crippen LogP contribution in [-0.4, -0.2) is 32.2 Å². The fraction of sp³-hybridized carbons (Fsp3) is 0.182. The van der Waals surface area contributed by atoms with E-state index in [1.807, 2.05) is 12.1 Å². The first-order valence-electron chi connectivity index (χ1n) is 5.22. The van der Waals surface area contributed by atoms with E-state index in [0.717, 1.165) is 5.03 Å². The average molecular weight is 280 g/mol. The number of hydrogen-bond acceptors (Lipinski definition) is 5. The molecule has 0 bridgehead atoms. The molecule has 0 radical (unpaired) electrons. The van der Waals surface area contributed by atoms with Crippen LogP contribution in [0.2, 0.25) is 0 Å². The number of thioether (sulfide) groups is 2. The molecule has 0 aliphatic carbocycles. The molecule has 7 heteroatoms. The van der Waals surface area contributed by atoms with Gasteiger partial charge in [-0.05, 0) is 12.1 Å². The number of pyridine rings is 1. The molecule has 2 aliphatic heterocycles. The quantitative estimate of drug-likeness (QED) is 0.850. The van der Waals surface area contributed by atoms with Gasteiger partial charge in [-0.1, -0.05) is 29.6 Å². The van der Waals surface area contributed by atoms with Gasteiger partial charge in [-0.3, -0.25) is 9.69 Å². The van der Waals surface area contributed by atoms with Crippen LogP contribution in [0, 0.1) is 0 Å². The van der Waals surface area contributed by atoms with E-state index in [9.17, 15) is 14.7 Å². The largest absolute Gasteiger partial charge is 0.477 e. The Bertz CT molecular complexity index is 559. The highest BCUT2D eigenvalue weighted by Crippen LogP contribution is 2.51. The van der Waals surface area contributed by atoms with Crippen molar-refractivity contribution in [3.05, 3.63) is 34.3 Å². The summed E-state index contributed by atoms with van der Waals surface area (Å²) in [6.07, 6.45) is 2.07. The molecule has 92 valence electrons. The fourth-order valence-electron chi connectivity index (χ4n) is 1.79. The van der Waals surface area contributed by atoms with Crippen LogP contribution in [-0.2, 0) is 9.59 Å². The summed E-state index contributed by atoms with van der Waals surface area (Å²) in [5.41, 5.74) is 0.0944. The number of β-lactam (4-membered cyclic amide) rings is 1. The summed E-state index contributed by atoms with van der Waals surface area (Å²) in [7, 11) is 0. The van der Waals surface area contributed by atoms with Gasteiger partial charge in [-0.2, -0.15) is 0 Å². The molecule has 1 aromatic heterocycles. The number of nitrogens with zero attached hydrogens (tertiary/aromatic N) is 2. The molecule has 1 amide bonds. The van der Waals surface area contributed by atoms with Gasteiger partial charge < -0.3 is 5.11 Å². The van der Waals surface area contributed by atoms with Crippen molar-refractivity contribution < 1.29 is 14.7 Å². The third kappa shape index (κ3) is 1.79. The number of fused-ring (bicyclic) bond motifs is 1. The highest BCUT2D eigenvalue weighted by molar-refractivity contribution is 8.22. The van der Waals surface area contributed by atoms with Gasteiger partial charge >= 0.3 is 5.97 Å². The van der Waals surface area contributed by atoms with Gasteiger partial charge in [-0.25, -0.2) is 9.78 Å². The Morgan fingerprint density at radius 2 is 2.39 bits per heavy atom. The lowest BCUT2D eigenvalue weighted by atomic mass is 10.2. The fourth-order valence-corrected chi connectivity index (χ4v) is 4.41. The smallest absolute Gasteiger partial charge is 0.354 e. The van der Waals surface area contributed by atoms with E-state index < -0.39 is 5.97 Å². The maximum absolute atomic E-state index is 11.4. The van der Waals surface area contributed by atoms with Gasteiger partial charge in [0.05, 0.1) is 16.0 Å². The molecule has 1 atom stereocenters. The zero-order valence-corrected chi connectivity index (χ0v) is 10.7. The van der Waals surface area contributed by atoms with Crippen LogP contribution < -0.4 is 0 Å². The van der Waals surface area contributed by atoms with Gasteiger partial charge in [-0.15, -0.1) is 0 Å². The van der Waals surface area contributed by atoms with E-state index in [1.165, 1.54) is 28.4 Å². The highest BCUT2D eigenvalue weighted by Gasteiger charge is 2.48. The van der Waals surface area contributed by atoms with Crippen molar-refractivity contribution in [1.29, 1.82) is 0 Å². The molecule has 2 aliphatic rings. The number of carbonyl (C=O) groups is 2. The molecule has 0 saturated carbocycles. The lowest BCUT2D eigenvalue weighted by molar-refractivity contribution is -0.145. The van der Waals surface area contributed by atoms with Crippen molar-refractivity contribution >= 4 is 35.4 Å². The van der Waals surface area contributed by atoms with Gasteiger partial charge in [0.15, 0.2) is 5.70 Å². The molecule has 1 N–H and O–H groups in total. The molecular formula is C11H8N2O3S2. The predicted molar refractivity (Wildman–Crippen MR) is 67.6 cm³/mol. The van der Waals surface area contributed by atoms with Crippen LogP contribution in [0.3, 0.4) is 0 Å². The van der Waals surface area contributed by atoms with Crippen molar-refractivity contribution in [1.82, 2.24) is 9.88 Å². The number of amides is 1. The van der Waals surface area contributed by atoms with Crippen molar-refractivity contribution in [2.24, 2.45) is 0 Å². The van der Waals surface area contributed by atoms with Crippen molar-refractivity contribution in [2.75, 3.05) is 0 Å². The van der Waals surface area contributed by atoms with Crippen LogP contribution in [0.5, 0.6) is 0 Å². The first kappa shape index (κ1) is 11.6. The summed E-state index contributed by atoms with van der Waals surface area (Å²) in [5.74, 6) is -1.18. The Hall–Kier alpha value is -1.47. The molecule has 3 rings (SSSR count). The second-order valence-corrected chi connectivity index (χ2v) is 6.23. The van der Waals surface area contributed by atoms with Crippen molar-refractivity contribution in [3.63, 3.8) is 0 Å². The number of rotatable bonds is 3. The second kappa shape index (κ2) is 4.33. The number of aromatic nitrogens is 1. The van der Waals surface area contributed by atoms with E-state index in [1.54, 1.807) is 12.3 Å². The van der Waals surface area contributed by atoms with Crippen molar-refractivity contribution in [2.45, 2.75) is 16.8 Å². The Balaban J connectivity index is 1.91. The molecule has 1 aromatic rings. The number of aliphatic carboxylic acids is 1. The topological polar surface area (TPSA) is 70.5 Å². The highest BCUT2D eigenvalue weighted by atomic mass is 32.2.